The number of nitrogens with one attached hydrogen (secondary N) is 1. The minimum Gasteiger partial charge on any atom is -0.508 e. The Kier molecular flexibility index (Phi) is 4.56. The highest BCUT2D eigenvalue weighted by atomic mass is 16.3. The van der Waals surface area contributed by atoms with Gasteiger partial charge in [0.25, 0.3) is 0 Å². The number of aromatic hydroxyl groups is 1. The lowest BCUT2D eigenvalue weighted by molar-refractivity contribution is 0.243. The number of phenols is 1. The van der Waals surface area contributed by atoms with Gasteiger partial charge in [0.15, 0.2) is 0 Å². The maximum absolute atomic E-state index is 9.80. The Labute approximate surface area is 130 Å². The van der Waals surface area contributed by atoms with Crippen LogP contribution in [0.4, 0.5) is 0 Å². The minimum absolute atomic E-state index is 0.0167. The number of para-hydroxylation sites is 1. The first kappa shape index (κ1) is 14.8. The van der Waals surface area contributed by atoms with Gasteiger partial charge < -0.3 is 15.5 Å². The largest absolute Gasteiger partial charge is 0.508 e. The van der Waals surface area contributed by atoms with Crippen molar-refractivity contribution in [1.82, 2.24) is 5.32 Å². The maximum atomic E-state index is 9.80. The van der Waals surface area contributed by atoms with Gasteiger partial charge in [-0.05, 0) is 35.6 Å². The lowest BCUT2D eigenvalue weighted by Gasteiger charge is -2.18. The van der Waals surface area contributed by atoms with E-state index in [1.54, 1.807) is 6.07 Å². The number of aliphatic hydroxyl groups is 1. The Balaban J connectivity index is 1.63. The van der Waals surface area contributed by atoms with E-state index in [1.165, 1.54) is 16.7 Å². The van der Waals surface area contributed by atoms with Crippen LogP contribution < -0.4 is 5.32 Å². The third-order valence-corrected chi connectivity index (χ3v) is 4.19. The molecule has 3 nitrogen and oxygen atoms in total. The van der Waals surface area contributed by atoms with Gasteiger partial charge in [-0.3, -0.25) is 0 Å². The van der Waals surface area contributed by atoms with Gasteiger partial charge >= 0.3 is 0 Å². The second kappa shape index (κ2) is 6.77. The number of hydrogen-bond donors (Lipinski definition) is 3. The molecule has 1 aliphatic rings. The Morgan fingerprint density at radius 2 is 1.82 bits per heavy atom. The predicted octanol–water partition coefficient (Wildman–Crippen LogP) is 2.87. The number of benzene rings is 2. The van der Waals surface area contributed by atoms with Crippen molar-refractivity contribution >= 4 is 5.57 Å². The van der Waals surface area contributed by atoms with Crippen LogP contribution in [-0.4, -0.2) is 22.9 Å². The molecule has 2 aromatic rings. The number of aliphatic hydroxyl groups excluding tert-OH is 1. The van der Waals surface area contributed by atoms with E-state index in [-0.39, 0.29) is 18.4 Å². The summed E-state index contributed by atoms with van der Waals surface area (Å²) < 4.78 is 0. The molecule has 3 rings (SSSR count). The van der Waals surface area contributed by atoms with Crippen LogP contribution in [0, 0.1) is 0 Å². The van der Waals surface area contributed by atoms with Crippen LogP contribution >= 0.6 is 0 Å². The zero-order valence-electron chi connectivity index (χ0n) is 12.5. The quantitative estimate of drug-likeness (QED) is 0.768. The first-order valence-corrected chi connectivity index (χ1v) is 7.66. The summed E-state index contributed by atoms with van der Waals surface area (Å²) in [5.41, 5.74) is 4.79. The lowest BCUT2D eigenvalue weighted by atomic mass is 10.00. The molecule has 0 aromatic heterocycles. The topological polar surface area (TPSA) is 52.5 Å². The van der Waals surface area contributed by atoms with Crippen LogP contribution in [0.25, 0.3) is 5.57 Å². The van der Waals surface area contributed by atoms with E-state index >= 15 is 0 Å². The normalized spacial score (nSPS) is 14.5. The molecule has 1 atom stereocenters. The fraction of sp³-hybridized carbons (Fsp3) is 0.263. The number of rotatable bonds is 6. The fourth-order valence-electron chi connectivity index (χ4n) is 2.93. The molecule has 1 aliphatic carbocycles. The average molecular weight is 295 g/mol. The van der Waals surface area contributed by atoms with Crippen LogP contribution in [0.5, 0.6) is 5.75 Å². The van der Waals surface area contributed by atoms with Crippen LogP contribution in [0.3, 0.4) is 0 Å². The summed E-state index contributed by atoms with van der Waals surface area (Å²) in [5, 5.41) is 22.8. The molecular formula is C19H21NO2. The summed E-state index contributed by atoms with van der Waals surface area (Å²) in [6.45, 7) is 0.625. The zero-order valence-corrected chi connectivity index (χ0v) is 12.5. The summed E-state index contributed by atoms with van der Waals surface area (Å²) in [4.78, 5) is 0. The highest BCUT2D eigenvalue weighted by Crippen LogP contribution is 2.30. The van der Waals surface area contributed by atoms with Crippen molar-refractivity contribution in [3.63, 3.8) is 0 Å². The Bertz CT molecular complexity index is 679. The highest BCUT2D eigenvalue weighted by Gasteiger charge is 2.17. The van der Waals surface area contributed by atoms with Crippen molar-refractivity contribution in [2.75, 3.05) is 6.61 Å². The number of phenolic OH excluding ortho intramolecular Hbond substituents is 1. The smallest absolute Gasteiger partial charge is 0.120 e. The van der Waals surface area contributed by atoms with E-state index in [1.807, 2.05) is 18.2 Å². The van der Waals surface area contributed by atoms with Gasteiger partial charge in [-0.1, -0.05) is 48.5 Å². The number of hydrogen-bond acceptors (Lipinski definition) is 3. The SMILES string of the molecule is OCC(CC1=CCc2ccccc21)NCc1ccccc1O. The van der Waals surface area contributed by atoms with E-state index in [9.17, 15) is 10.2 Å². The molecule has 2 aromatic carbocycles. The molecule has 3 N–H and O–H groups in total. The molecule has 0 aliphatic heterocycles. The molecule has 1 unspecified atom stereocenters. The first-order chi connectivity index (χ1) is 10.8. The van der Waals surface area contributed by atoms with Gasteiger partial charge in [-0.15, -0.1) is 0 Å². The molecule has 114 valence electrons. The van der Waals surface area contributed by atoms with Gasteiger partial charge in [0.05, 0.1) is 6.61 Å². The Hall–Kier alpha value is -2.10. The van der Waals surface area contributed by atoms with Crippen molar-refractivity contribution in [3.05, 3.63) is 71.3 Å². The first-order valence-electron chi connectivity index (χ1n) is 7.66. The monoisotopic (exact) mass is 295 g/mol. The van der Waals surface area contributed by atoms with Crippen LogP contribution in [0.1, 0.15) is 23.1 Å². The van der Waals surface area contributed by atoms with Crippen molar-refractivity contribution in [2.45, 2.75) is 25.4 Å². The van der Waals surface area contributed by atoms with E-state index in [2.05, 4.69) is 35.7 Å². The van der Waals surface area contributed by atoms with E-state index in [4.69, 9.17) is 0 Å². The number of fused-ring (bicyclic) bond motifs is 1. The minimum atomic E-state index is -0.0167. The van der Waals surface area contributed by atoms with E-state index in [0.717, 1.165) is 18.4 Å². The predicted molar refractivity (Wildman–Crippen MR) is 88.6 cm³/mol. The molecular weight excluding hydrogens is 274 g/mol. The molecule has 0 spiro atoms. The van der Waals surface area contributed by atoms with Crippen molar-refractivity contribution in [1.29, 1.82) is 0 Å². The molecule has 0 heterocycles. The van der Waals surface area contributed by atoms with Gasteiger partial charge in [0.2, 0.25) is 0 Å². The molecule has 22 heavy (non-hydrogen) atoms. The lowest BCUT2D eigenvalue weighted by Crippen LogP contribution is -2.32. The molecule has 0 bridgehead atoms. The summed E-state index contributed by atoms with van der Waals surface area (Å²) in [5.74, 6) is 0.289. The average Bonchev–Trinajstić information content (AvgIpc) is 2.96. The highest BCUT2D eigenvalue weighted by molar-refractivity contribution is 5.73. The van der Waals surface area contributed by atoms with Gasteiger partial charge in [0, 0.05) is 18.2 Å². The van der Waals surface area contributed by atoms with Crippen LogP contribution in [0.2, 0.25) is 0 Å². The molecule has 0 saturated carbocycles. The third-order valence-electron chi connectivity index (χ3n) is 4.19. The Morgan fingerprint density at radius 1 is 1.05 bits per heavy atom. The van der Waals surface area contributed by atoms with Crippen molar-refractivity contribution in [2.24, 2.45) is 0 Å². The van der Waals surface area contributed by atoms with Crippen molar-refractivity contribution in [3.8, 4) is 5.75 Å². The molecule has 0 saturated heterocycles. The second-order valence-corrected chi connectivity index (χ2v) is 5.68. The number of allylic oxidation sites excluding steroid dienone is 1. The maximum Gasteiger partial charge on any atom is 0.120 e. The zero-order chi connectivity index (χ0) is 15.4. The fourth-order valence-corrected chi connectivity index (χ4v) is 2.93. The summed E-state index contributed by atoms with van der Waals surface area (Å²) >= 11 is 0. The Morgan fingerprint density at radius 3 is 2.64 bits per heavy atom. The standard InChI is InChI=1S/C19H21NO2/c21-13-17(20-12-16-6-2-4-8-19(16)22)11-15-10-9-14-5-1-3-7-18(14)15/h1-8,10,17,20-22H,9,11-13H2. The van der Waals surface area contributed by atoms with Gasteiger partial charge in [-0.2, -0.15) is 0 Å². The third kappa shape index (κ3) is 3.21. The summed E-state index contributed by atoms with van der Waals surface area (Å²) in [7, 11) is 0. The van der Waals surface area contributed by atoms with Crippen LogP contribution in [-0.2, 0) is 13.0 Å². The molecule has 0 amide bonds. The second-order valence-electron chi connectivity index (χ2n) is 5.68. The summed E-state index contributed by atoms with van der Waals surface area (Å²) in [6, 6.07) is 15.7. The van der Waals surface area contributed by atoms with E-state index in [0.29, 0.717) is 6.54 Å². The summed E-state index contributed by atoms with van der Waals surface area (Å²) in [6.07, 6.45) is 4.01. The van der Waals surface area contributed by atoms with E-state index < -0.39 is 0 Å². The molecule has 0 radical (unpaired) electrons. The van der Waals surface area contributed by atoms with Crippen molar-refractivity contribution < 1.29 is 10.2 Å². The van der Waals surface area contributed by atoms with Crippen LogP contribution in [0.15, 0.2) is 54.6 Å². The van der Waals surface area contributed by atoms with Gasteiger partial charge in [0.1, 0.15) is 5.75 Å². The van der Waals surface area contributed by atoms with Gasteiger partial charge in [-0.25, -0.2) is 0 Å². The molecule has 3 heteroatoms. The molecule has 0 fully saturated rings.